The van der Waals surface area contributed by atoms with Crippen LogP contribution < -0.4 is 0 Å². The van der Waals surface area contributed by atoms with Crippen molar-refractivity contribution < 1.29 is 0 Å². The molecular formula is C15H28. The molecule has 0 heterocycles. The summed E-state index contributed by atoms with van der Waals surface area (Å²) in [5, 5.41) is 0. The van der Waals surface area contributed by atoms with Gasteiger partial charge in [0.25, 0.3) is 0 Å². The molecule has 2 aliphatic carbocycles. The molecule has 0 amide bonds. The Bertz CT molecular complexity index is 206. The van der Waals surface area contributed by atoms with E-state index in [0.29, 0.717) is 0 Å². The zero-order chi connectivity index (χ0) is 11.0. The van der Waals surface area contributed by atoms with Crippen molar-refractivity contribution in [3.05, 3.63) is 0 Å². The van der Waals surface area contributed by atoms with E-state index < -0.39 is 0 Å². The highest BCUT2D eigenvalue weighted by Crippen LogP contribution is 2.51. The lowest BCUT2D eigenvalue weighted by Gasteiger charge is -2.32. The van der Waals surface area contributed by atoms with Crippen molar-refractivity contribution in [1.29, 1.82) is 0 Å². The molecule has 0 radical (unpaired) electrons. The van der Waals surface area contributed by atoms with E-state index in [-0.39, 0.29) is 0 Å². The van der Waals surface area contributed by atoms with Crippen molar-refractivity contribution >= 4 is 0 Å². The molecule has 5 atom stereocenters. The van der Waals surface area contributed by atoms with Crippen molar-refractivity contribution in [2.75, 3.05) is 0 Å². The zero-order valence-corrected chi connectivity index (χ0v) is 11.0. The van der Waals surface area contributed by atoms with E-state index in [9.17, 15) is 0 Å². The first-order valence-electron chi connectivity index (χ1n) is 7.11. The van der Waals surface area contributed by atoms with Crippen LogP contribution in [-0.4, -0.2) is 0 Å². The third-order valence-corrected chi connectivity index (χ3v) is 5.19. The molecular weight excluding hydrogens is 180 g/mol. The van der Waals surface area contributed by atoms with Gasteiger partial charge in [-0.25, -0.2) is 0 Å². The van der Waals surface area contributed by atoms with Gasteiger partial charge in [0.1, 0.15) is 0 Å². The first-order valence-corrected chi connectivity index (χ1v) is 7.11. The average Bonchev–Trinajstić information content (AvgIpc) is 2.49. The summed E-state index contributed by atoms with van der Waals surface area (Å²) in [6.45, 7) is 9.77. The Morgan fingerprint density at radius 3 is 2.40 bits per heavy atom. The third kappa shape index (κ3) is 2.24. The standard InChI is InChI=1S/C15H28/c1-5-13-7-11(4)6-12-8-14(10(2)3)15(13)9-12/h10-15H,5-9H2,1-4H3. The molecule has 0 aromatic rings. The Hall–Kier alpha value is 0. The molecule has 2 rings (SSSR count). The molecule has 2 aliphatic rings. The van der Waals surface area contributed by atoms with Gasteiger partial charge in [0, 0.05) is 0 Å². The summed E-state index contributed by atoms with van der Waals surface area (Å²) in [6.07, 6.45) is 7.57. The van der Waals surface area contributed by atoms with Crippen LogP contribution in [0.25, 0.3) is 0 Å². The van der Waals surface area contributed by atoms with Gasteiger partial charge >= 0.3 is 0 Å². The van der Waals surface area contributed by atoms with E-state index in [2.05, 4.69) is 27.7 Å². The third-order valence-electron chi connectivity index (χ3n) is 5.19. The van der Waals surface area contributed by atoms with Gasteiger partial charge in [-0.3, -0.25) is 0 Å². The lowest BCUT2D eigenvalue weighted by Crippen LogP contribution is -2.24. The number of rotatable bonds is 2. The molecule has 2 fully saturated rings. The van der Waals surface area contributed by atoms with E-state index >= 15 is 0 Å². The Morgan fingerprint density at radius 1 is 1.07 bits per heavy atom. The summed E-state index contributed by atoms with van der Waals surface area (Å²) in [4.78, 5) is 0. The van der Waals surface area contributed by atoms with Crippen LogP contribution in [0.15, 0.2) is 0 Å². The second-order valence-corrected chi connectivity index (χ2v) is 6.65. The second kappa shape index (κ2) is 4.47. The molecule has 0 N–H and O–H groups in total. The topological polar surface area (TPSA) is 0 Å². The van der Waals surface area contributed by atoms with Crippen LogP contribution in [-0.2, 0) is 0 Å². The molecule has 15 heavy (non-hydrogen) atoms. The van der Waals surface area contributed by atoms with Gasteiger partial charge in [-0.15, -0.1) is 0 Å². The number of hydrogen-bond acceptors (Lipinski definition) is 0. The fraction of sp³-hybridized carbons (Fsp3) is 1.00. The first-order chi connectivity index (χ1) is 7.11. The van der Waals surface area contributed by atoms with Crippen LogP contribution in [0.5, 0.6) is 0 Å². The first kappa shape index (κ1) is 11.5. The van der Waals surface area contributed by atoms with Crippen LogP contribution in [0.4, 0.5) is 0 Å². The molecule has 0 aliphatic heterocycles. The zero-order valence-electron chi connectivity index (χ0n) is 11.0. The average molecular weight is 208 g/mol. The molecule has 0 aromatic carbocycles. The second-order valence-electron chi connectivity index (χ2n) is 6.65. The molecule has 2 bridgehead atoms. The maximum Gasteiger partial charge on any atom is -0.0352 e. The van der Waals surface area contributed by atoms with Gasteiger partial charge < -0.3 is 0 Å². The summed E-state index contributed by atoms with van der Waals surface area (Å²) in [7, 11) is 0. The quantitative estimate of drug-likeness (QED) is 0.615. The number of hydrogen-bond donors (Lipinski definition) is 0. The predicted molar refractivity (Wildman–Crippen MR) is 66.7 cm³/mol. The maximum atomic E-state index is 2.48. The monoisotopic (exact) mass is 208 g/mol. The van der Waals surface area contributed by atoms with Crippen molar-refractivity contribution in [2.24, 2.45) is 35.5 Å². The van der Waals surface area contributed by atoms with E-state index in [1.54, 1.807) is 12.8 Å². The van der Waals surface area contributed by atoms with Crippen molar-refractivity contribution in [3.63, 3.8) is 0 Å². The van der Waals surface area contributed by atoms with Crippen LogP contribution in [0.1, 0.15) is 59.8 Å². The van der Waals surface area contributed by atoms with E-state index in [0.717, 1.165) is 35.5 Å². The minimum absolute atomic E-state index is 0.919. The molecule has 2 saturated carbocycles. The largest absolute Gasteiger partial charge is 0.0651 e. The lowest BCUT2D eigenvalue weighted by atomic mass is 9.73. The molecule has 5 unspecified atom stereocenters. The molecule has 0 aromatic heterocycles. The Balaban J connectivity index is 2.12. The van der Waals surface area contributed by atoms with Crippen LogP contribution in [0, 0.1) is 35.5 Å². The van der Waals surface area contributed by atoms with E-state index in [1.165, 1.54) is 19.3 Å². The fourth-order valence-corrected chi connectivity index (χ4v) is 4.54. The van der Waals surface area contributed by atoms with Crippen molar-refractivity contribution in [3.8, 4) is 0 Å². The van der Waals surface area contributed by atoms with Gasteiger partial charge in [-0.05, 0) is 61.2 Å². The van der Waals surface area contributed by atoms with E-state index in [1.807, 2.05) is 0 Å². The molecule has 0 heteroatoms. The highest BCUT2D eigenvalue weighted by molar-refractivity contribution is 4.92. The molecule has 0 nitrogen and oxygen atoms in total. The highest BCUT2D eigenvalue weighted by atomic mass is 14.5. The highest BCUT2D eigenvalue weighted by Gasteiger charge is 2.42. The van der Waals surface area contributed by atoms with Gasteiger partial charge in [0.05, 0.1) is 0 Å². The molecule has 0 saturated heterocycles. The minimum atomic E-state index is 0.919. The smallest absolute Gasteiger partial charge is 0.0352 e. The van der Waals surface area contributed by atoms with Crippen molar-refractivity contribution in [2.45, 2.75) is 59.8 Å². The lowest BCUT2D eigenvalue weighted by molar-refractivity contribution is 0.177. The molecule has 88 valence electrons. The van der Waals surface area contributed by atoms with Crippen LogP contribution >= 0.6 is 0 Å². The Morgan fingerprint density at radius 2 is 1.80 bits per heavy atom. The summed E-state index contributed by atoms with van der Waals surface area (Å²) < 4.78 is 0. The van der Waals surface area contributed by atoms with Gasteiger partial charge in [-0.1, -0.05) is 34.1 Å². The van der Waals surface area contributed by atoms with E-state index in [4.69, 9.17) is 0 Å². The SMILES string of the molecule is CCC1CC(C)CC2CC(C(C)C)C1C2. The number of fused-ring (bicyclic) bond motifs is 2. The minimum Gasteiger partial charge on any atom is -0.0651 e. The normalized spacial score (nSPS) is 45.8. The van der Waals surface area contributed by atoms with Gasteiger partial charge in [0.2, 0.25) is 0 Å². The fourth-order valence-electron chi connectivity index (χ4n) is 4.54. The summed E-state index contributed by atoms with van der Waals surface area (Å²) in [6, 6.07) is 0. The summed E-state index contributed by atoms with van der Waals surface area (Å²) in [5.74, 6) is 6.16. The Labute approximate surface area is 95.8 Å². The predicted octanol–water partition coefficient (Wildman–Crippen LogP) is 4.74. The van der Waals surface area contributed by atoms with Crippen molar-refractivity contribution in [1.82, 2.24) is 0 Å². The maximum absolute atomic E-state index is 2.48. The van der Waals surface area contributed by atoms with Gasteiger partial charge in [-0.2, -0.15) is 0 Å². The van der Waals surface area contributed by atoms with Crippen LogP contribution in [0.3, 0.4) is 0 Å². The summed E-state index contributed by atoms with van der Waals surface area (Å²) >= 11 is 0. The Kier molecular flexibility index (Phi) is 3.42. The van der Waals surface area contributed by atoms with Crippen LogP contribution in [0.2, 0.25) is 0 Å². The van der Waals surface area contributed by atoms with Gasteiger partial charge in [0.15, 0.2) is 0 Å². The molecule has 0 spiro atoms. The summed E-state index contributed by atoms with van der Waals surface area (Å²) in [5.41, 5.74) is 0.